The van der Waals surface area contributed by atoms with Crippen molar-refractivity contribution in [3.05, 3.63) is 54.1 Å². The van der Waals surface area contributed by atoms with Crippen molar-refractivity contribution in [3.63, 3.8) is 0 Å². The van der Waals surface area contributed by atoms with Crippen molar-refractivity contribution in [1.29, 1.82) is 0 Å². The van der Waals surface area contributed by atoms with Gasteiger partial charge in [0, 0.05) is 12.2 Å². The first-order valence-corrected chi connectivity index (χ1v) is 8.69. The molecule has 12 nitrogen and oxygen atoms in total. The largest absolute Gasteiger partial charge is 0.478 e. The summed E-state index contributed by atoms with van der Waals surface area (Å²) in [6.45, 7) is 4.86. The van der Waals surface area contributed by atoms with Gasteiger partial charge < -0.3 is 28.8 Å². The molecule has 1 N–H and O–H groups in total. The maximum atomic E-state index is 12.3. The molecule has 0 saturated heterocycles. The molecule has 0 heterocycles. The first-order valence-electron chi connectivity index (χ1n) is 8.69. The number of carboxylic acid groups (broad SMARTS) is 1. The molecule has 0 bridgehead atoms. The summed E-state index contributed by atoms with van der Waals surface area (Å²) in [7, 11) is 0. The molecule has 0 aliphatic heterocycles. The Labute approximate surface area is 180 Å². The molecule has 0 unspecified atom stereocenters. The van der Waals surface area contributed by atoms with Crippen LogP contribution in [0.1, 0.15) is 31.1 Å². The average Bonchev–Trinajstić information content (AvgIpc) is 2.78. The molecule has 32 heavy (non-hydrogen) atoms. The maximum Gasteiger partial charge on any atom is 0.342 e. The van der Waals surface area contributed by atoms with E-state index in [4.69, 9.17) is 9.47 Å². The Morgan fingerprint density at radius 1 is 0.750 bits per heavy atom. The van der Waals surface area contributed by atoms with Crippen LogP contribution in [0.5, 0.6) is 5.75 Å². The molecule has 0 aliphatic carbocycles. The second kappa shape index (κ2) is 13.0. The lowest BCUT2D eigenvalue weighted by Gasteiger charge is -2.13. The summed E-state index contributed by atoms with van der Waals surface area (Å²) in [4.78, 5) is 68.9. The first kappa shape index (κ1) is 25.6. The first-order chi connectivity index (χ1) is 15.2. The molecular weight excluding hydrogens is 432 g/mol. The van der Waals surface area contributed by atoms with Crippen molar-refractivity contribution in [2.45, 2.75) is 0 Å². The Morgan fingerprint density at radius 3 is 1.66 bits per heavy atom. The highest BCUT2D eigenvalue weighted by Crippen LogP contribution is 2.26. The predicted molar refractivity (Wildman–Crippen MR) is 103 cm³/mol. The minimum Gasteiger partial charge on any atom is -0.478 e. The van der Waals surface area contributed by atoms with E-state index < -0.39 is 65.5 Å². The number of carbonyl (C=O) groups is 6. The number of aromatic carboxylic acids is 1. The van der Waals surface area contributed by atoms with E-state index in [2.05, 4.69) is 27.4 Å². The summed E-state index contributed by atoms with van der Waals surface area (Å²) in [6.07, 6.45) is 1.80. The molecule has 0 saturated carbocycles. The van der Waals surface area contributed by atoms with Gasteiger partial charge >= 0.3 is 29.8 Å². The third kappa shape index (κ3) is 7.74. The van der Waals surface area contributed by atoms with Crippen LogP contribution in [-0.2, 0) is 33.3 Å². The smallest absolute Gasteiger partial charge is 0.342 e. The van der Waals surface area contributed by atoms with E-state index in [1.165, 1.54) is 0 Å². The van der Waals surface area contributed by atoms with Crippen LogP contribution in [0.3, 0.4) is 0 Å². The average molecular weight is 450 g/mol. The highest BCUT2D eigenvalue weighted by Gasteiger charge is 2.25. The summed E-state index contributed by atoms with van der Waals surface area (Å²) in [6, 6.07) is 1.57. The molecular formula is C20H18O12. The van der Waals surface area contributed by atoms with Crippen molar-refractivity contribution in [3.8, 4) is 5.75 Å². The standard InChI is InChI=1S/C20H18O12/c1-3-16(22)28-5-7-30-19(26)13-9-14(15(32-11-21)10-12(13)18(24)25)20(27)31-8-6-29-17(23)4-2/h3-4,9-11H,1-2,5-8H2,(H,24,25). The number of carboxylic acids is 1. The Kier molecular flexibility index (Phi) is 10.3. The number of ether oxygens (including phenoxy) is 5. The normalized spacial score (nSPS) is 9.62. The van der Waals surface area contributed by atoms with Crippen LogP contribution >= 0.6 is 0 Å². The molecule has 0 fully saturated rings. The number of hydrogen-bond acceptors (Lipinski definition) is 11. The maximum absolute atomic E-state index is 12.3. The van der Waals surface area contributed by atoms with Gasteiger partial charge in [-0.25, -0.2) is 24.0 Å². The van der Waals surface area contributed by atoms with Crippen molar-refractivity contribution < 1.29 is 57.6 Å². The summed E-state index contributed by atoms with van der Waals surface area (Å²) in [5.41, 5.74) is -1.66. The number of carbonyl (C=O) groups excluding carboxylic acids is 5. The SMILES string of the molecule is C=CC(=O)OCCOC(=O)c1cc(C(=O)OCCOC(=O)C=C)c(C(=O)O)cc1OC=O. The van der Waals surface area contributed by atoms with Gasteiger partial charge in [-0.15, -0.1) is 0 Å². The molecule has 0 aliphatic rings. The topological polar surface area (TPSA) is 169 Å². The number of rotatable bonds is 13. The zero-order valence-electron chi connectivity index (χ0n) is 16.6. The molecule has 1 aromatic rings. The number of benzene rings is 1. The highest BCUT2D eigenvalue weighted by atomic mass is 16.6. The van der Waals surface area contributed by atoms with Crippen molar-refractivity contribution in [2.75, 3.05) is 26.4 Å². The fourth-order valence-electron chi connectivity index (χ4n) is 2.06. The fourth-order valence-corrected chi connectivity index (χ4v) is 2.06. The summed E-state index contributed by atoms with van der Waals surface area (Å²) < 4.78 is 23.6. The van der Waals surface area contributed by atoms with Gasteiger partial charge in [-0.2, -0.15) is 0 Å². The molecule has 0 atom stereocenters. The Hall–Kier alpha value is -4.48. The lowest BCUT2D eigenvalue weighted by atomic mass is 10.0. The van der Waals surface area contributed by atoms with E-state index in [0.29, 0.717) is 0 Å². The van der Waals surface area contributed by atoms with E-state index in [1.807, 2.05) is 0 Å². The molecule has 170 valence electrons. The molecule has 1 aromatic carbocycles. The van der Waals surface area contributed by atoms with Crippen LogP contribution in [0, 0.1) is 0 Å². The van der Waals surface area contributed by atoms with Crippen LogP contribution in [0.4, 0.5) is 0 Å². The van der Waals surface area contributed by atoms with Gasteiger partial charge in [-0.3, -0.25) is 4.79 Å². The van der Waals surface area contributed by atoms with Gasteiger partial charge in [0.25, 0.3) is 6.47 Å². The summed E-state index contributed by atoms with van der Waals surface area (Å²) in [5.74, 6) is -5.86. The second-order valence-corrected chi connectivity index (χ2v) is 5.43. The number of hydrogen-bond donors (Lipinski definition) is 1. The zero-order chi connectivity index (χ0) is 24.1. The highest BCUT2D eigenvalue weighted by molar-refractivity contribution is 6.06. The number of esters is 4. The van der Waals surface area contributed by atoms with E-state index in [-0.39, 0.29) is 19.7 Å². The minimum absolute atomic E-state index is 0.0600. The third-order valence-electron chi connectivity index (χ3n) is 3.42. The van der Waals surface area contributed by atoms with Crippen LogP contribution in [0.2, 0.25) is 0 Å². The molecule has 0 spiro atoms. The minimum atomic E-state index is -1.58. The lowest BCUT2D eigenvalue weighted by molar-refractivity contribution is -0.139. The van der Waals surface area contributed by atoms with E-state index in [1.54, 1.807) is 0 Å². The molecule has 0 amide bonds. The van der Waals surface area contributed by atoms with Gasteiger partial charge in [0.05, 0.1) is 11.1 Å². The fraction of sp³-hybridized carbons (Fsp3) is 0.200. The molecule has 0 radical (unpaired) electrons. The van der Waals surface area contributed by atoms with E-state index in [9.17, 15) is 33.9 Å². The van der Waals surface area contributed by atoms with Crippen LogP contribution < -0.4 is 4.74 Å². The summed E-state index contributed by atoms with van der Waals surface area (Å²) >= 11 is 0. The Bertz CT molecular complexity index is 931. The van der Waals surface area contributed by atoms with Gasteiger partial charge in [-0.05, 0) is 12.1 Å². The van der Waals surface area contributed by atoms with Gasteiger partial charge in [-0.1, -0.05) is 13.2 Å². The third-order valence-corrected chi connectivity index (χ3v) is 3.42. The Morgan fingerprint density at radius 2 is 1.22 bits per heavy atom. The van der Waals surface area contributed by atoms with Crippen LogP contribution in [-0.4, -0.2) is 67.9 Å². The molecule has 0 aromatic heterocycles. The van der Waals surface area contributed by atoms with Crippen molar-refractivity contribution >= 4 is 36.3 Å². The molecule has 1 rings (SSSR count). The molecule has 12 heteroatoms. The van der Waals surface area contributed by atoms with Crippen molar-refractivity contribution in [2.24, 2.45) is 0 Å². The Balaban J connectivity index is 3.07. The predicted octanol–water partition coefficient (Wildman–Crippen LogP) is 0.692. The zero-order valence-corrected chi connectivity index (χ0v) is 16.6. The van der Waals surface area contributed by atoms with Crippen LogP contribution in [0.15, 0.2) is 37.4 Å². The monoisotopic (exact) mass is 450 g/mol. The lowest BCUT2D eigenvalue weighted by Crippen LogP contribution is -2.18. The van der Waals surface area contributed by atoms with E-state index >= 15 is 0 Å². The van der Waals surface area contributed by atoms with Gasteiger partial charge in [0.15, 0.2) is 0 Å². The van der Waals surface area contributed by atoms with Gasteiger partial charge in [0.1, 0.15) is 37.7 Å². The van der Waals surface area contributed by atoms with Crippen LogP contribution in [0.25, 0.3) is 0 Å². The second-order valence-electron chi connectivity index (χ2n) is 5.43. The summed E-state index contributed by atoms with van der Waals surface area (Å²) in [5, 5.41) is 9.36. The van der Waals surface area contributed by atoms with Gasteiger partial charge in [0.2, 0.25) is 0 Å². The quantitative estimate of drug-likeness (QED) is 0.147. The van der Waals surface area contributed by atoms with Crippen molar-refractivity contribution in [1.82, 2.24) is 0 Å². The van der Waals surface area contributed by atoms with E-state index in [0.717, 1.165) is 24.3 Å².